The van der Waals surface area contributed by atoms with Gasteiger partial charge in [-0.3, -0.25) is 0 Å². The van der Waals surface area contributed by atoms with Gasteiger partial charge in [-0.2, -0.15) is 12.6 Å². The highest BCUT2D eigenvalue weighted by molar-refractivity contribution is 7.80. The van der Waals surface area contributed by atoms with Crippen LogP contribution < -0.4 is 0 Å². The van der Waals surface area contributed by atoms with Gasteiger partial charge in [-0.25, -0.2) is 0 Å². The first-order valence-electron chi connectivity index (χ1n) is 8.23. The number of unbranched alkanes of at least 4 members (excludes halogenated alkanes) is 5. The Morgan fingerprint density at radius 1 is 0.955 bits per heavy atom. The predicted molar refractivity (Wildman–Crippen MR) is 94.2 cm³/mol. The van der Waals surface area contributed by atoms with E-state index in [0.717, 1.165) is 12.8 Å². The molecule has 0 aliphatic heterocycles. The van der Waals surface area contributed by atoms with Crippen LogP contribution in [0.2, 0.25) is 0 Å². The van der Waals surface area contributed by atoms with E-state index >= 15 is 0 Å². The average Bonchev–Trinajstić information content (AvgIpc) is 2.55. The van der Waals surface area contributed by atoms with Crippen molar-refractivity contribution in [3.8, 4) is 0 Å². The van der Waals surface area contributed by atoms with Crippen molar-refractivity contribution in [2.75, 3.05) is 33.7 Å². The molecule has 0 heterocycles. The Hall–Kier alpha value is -0.230. The standard InChI is InChI=1S/C17H34O4S/c1-5-6-7-8-9-10-12-16(15-21-13-11-14-22)17(18-2,19-3)20-4/h11,13,16,22H,5-10,12,14-15H2,1-4H3. The number of hydrogen-bond acceptors (Lipinski definition) is 5. The molecule has 0 saturated heterocycles. The molecule has 0 amide bonds. The monoisotopic (exact) mass is 334 g/mol. The summed E-state index contributed by atoms with van der Waals surface area (Å²) in [6, 6.07) is 0. The van der Waals surface area contributed by atoms with Crippen LogP contribution in [0.4, 0.5) is 0 Å². The quantitative estimate of drug-likeness (QED) is 0.208. The van der Waals surface area contributed by atoms with Crippen LogP contribution >= 0.6 is 12.6 Å². The lowest BCUT2D eigenvalue weighted by molar-refractivity contribution is -0.382. The molecule has 0 aliphatic carbocycles. The van der Waals surface area contributed by atoms with Crippen molar-refractivity contribution in [2.45, 2.75) is 57.8 Å². The molecular formula is C17H34O4S. The topological polar surface area (TPSA) is 36.9 Å². The first kappa shape index (κ1) is 21.8. The second-order valence-electron chi connectivity index (χ2n) is 5.36. The van der Waals surface area contributed by atoms with Gasteiger partial charge in [-0.15, -0.1) is 0 Å². The highest BCUT2D eigenvalue weighted by atomic mass is 32.1. The minimum Gasteiger partial charge on any atom is -0.501 e. The Morgan fingerprint density at radius 2 is 1.55 bits per heavy atom. The fourth-order valence-electron chi connectivity index (χ4n) is 2.57. The van der Waals surface area contributed by atoms with Gasteiger partial charge in [0.1, 0.15) is 0 Å². The van der Waals surface area contributed by atoms with Crippen LogP contribution in [-0.2, 0) is 18.9 Å². The van der Waals surface area contributed by atoms with Gasteiger partial charge in [0.2, 0.25) is 0 Å². The highest BCUT2D eigenvalue weighted by Crippen LogP contribution is 2.29. The van der Waals surface area contributed by atoms with Crippen molar-refractivity contribution >= 4 is 12.6 Å². The van der Waals surface area contributed by atoms with Gasteiger partial charge in [-0.05, 0) is 12.5 Å². The zero-order chi connectivity index (χ0) is 16.7. The second kappa shape index (κ2) is 14.4. The maximum absolute atomic E-state index is 5.57. The van der Waals surface area contributed by atoms with Gasteiger partial charge in [0.15, 0.2) is 0 Å². The Labute approximate surface area is 141 Å². The van der Waals surface area contributed by atoms with Crippen molar-refractivity contribution in [2.24, 2.45) is 5.92 Å². The largest absolute Gasteiger partial charge is 0.501 e. The van der Waals surface area contributed by atoms with Gasteiger partial charge >= 0.3 is 0 Å². The van der Waals surface area contributed by atoms with Crippen molar-refractivity contribution in [1.29, 1.82) is 0 Å². The third-order valence-electron chi connectivity index (χ3n) is 3.85. The molecule has 0 rings (SSSR count). The van der Waals surface area contributed by atoms with Gasteiger partial charge in [0, 0.05) is 27.1 Å². The maximum Gasteiger partial charge on any atom is 0.288 e. The molecular weight excluding hydrogens is 300 g/mol. The third-order valence-corrected chi connectivity index (χ3v) is 4.07. The summed E-state index contributed by atoms with van der Waals surface area (Å²) < 4.78 is 22.0. The Morgan fingerprint density at radius 3 is 2.09 bits per heavy atom. The summed E-state index contributed by atoms with van der Waals surface area (Å²) >= 11 is 4.11. The smallest absolute Gasteiger partial charge is 0.288 e. The van der Waals surface area contributed by atoms with Crippen LogP contribution in [-0.4, -0.2) is 39.7 Å². The van der Waals surface area contributed by atoms with Crippen molar-refractivity contribution in [3.63, 3.8) is 0 Å². The van der Waals surface area contributed by atoms with Gasteiger partial charge < -0.3 is 18.9 Å². The van der Waals surface area contributed by atoms with Gasteiger partial charge in [0.25, 0.3) is 5.97 Å². The van der Waals surface area contributed by atoms with Crippen LogP contribution in [0.1, 0.15) is 51.9 Å². The number of thiol groups is 1. The summed E-state index contributed by atoms with van der Waals surface area (Å²) in [6.45, 7) is 2.73. The predicted octanol–water partition coefficient (Wildman–Crippen LogP) is 4.41. The van der Waals surface area contributed by atoms with E-state index < -0.39 is 5.97 Å². The van der Waals surface area contributed by atoms with E-state index in [1.165, 1.54) is 32.1 Å². The summed E-state index contributed by atoms with van der Waals surface area (Å²) in [5.41, 5.74) is 0. The Bertz CT molecular complexity index is 259. The first-order chi connectivity index (χ1) is 10.7. The zero-order valence-corrected chi connectivity index (χ0v) is 15.6. The van der Waals surface area contributed by atoms with Crippen LogP contribution in [0, 0.1) is 5.92 Å². The molecule has 0 aromatic heterocycles. The zero-order valence-electron chi connectivity index (χ0n) is 14.7. The van der Waals surface area contributed by atoms with E-state index in [1.807, 2.05) is 6.08 Å². The molecule has 0 aromatic rings. The summed E-state index contributed by atoms with van der Waals surface area (Å²) in [5, 5.41) is 0. The Kier molecular flexibility index (Phi) is 14.2. The molecule has 0 aromatic carbocycles. The lowest BCUT2D eigenvalue weighted by Crippen LogP contribution is -2.45. The van der Waals surface area contributed by atoms with Crippen molar-refractivity contribution in [1.82, 2.24) is 0 Å². The van der Waals surface area contributed by atoms with E-state index in [1.54, 1.807) is 27.6 Å². The first-order valence-corrected chi connectivity index (χ1v) is 8.86. The van der Waals surface area contributed by atoms with E-state index in [4.69, 9.17) is 18.9 Å². The molecule has 0 saturated carbocycles. The van der Waals surface area contributed by atoms with Crippen molar-refractivity contribution < 1.29 is 18.9 Å². The fraction of sp³-hybridized carbons (Fsp3) is 0.882. The molecule has 0 aliphatic rings. The molecule has 22 heavy (non-hydrogen) atoms. The number of methoxy groups -OCH3 is 3. The minimum atomic E-state index is -1.04. The van der Waals surface area contributed by atoms with E-state index in [0.29, 0.717) is 12.4 Å². The molecule has 0 N–H and O–H groups in total. The summed E-state index contributed by atoms with van der Waals surface area (Å²) in [5.74, 6) is -0.368. The van der Waals surface area contributed by atoms with Crippen LogP contribution in [0.3, 0.4) is 0 Å². The van der Waals surface area contributed by atoms with Crippen LogP contribution in [0.5, 0.6) is 0 Å². The van der Waals surface area contributed by atoms with E-state index in [-0.39, 0.29) is 5.92 Å². The highest BCUT2D eigenvalue weighted by Gasteiger charge is 2.40. The Balaban J connectivity index is 4.41. The molecule has 4 nitrogen and oxygen atoms in total. The number of ether oxygens (including phenoxy) is 4. The molecule has 132 valence electrons. The van der Waals surface area contributed by atoms with Gasteiger partial charge in [-0.1, -0.05) is 45.4 Å². The second-order valence-corrected chi connectivity index (χ2v) is 5.72. The van der Waals surface area contributed by atoms with Gasteiger partial charge in [0.05, 0.1) is 18.8 Å². The summed E-state index contributed by atoms with van der Waals surface area (Å²) in [7, 11) is 4.81. The van der Waals surface area contributed by atoms with Crippen LogP contribution in [0.25, 0.3) is 0 Å². The minimum absolute atomic E-state index is 0.0169. The molecule has 1 atom stereocenters. The number of rotatable bonds is 15. The SMILES string of the molecule is CCCCCCCCC(COC=CCS)C(OC)(OC)OC. The van der Waals surface area contributed by atoms with E-state index in [9.17, 15) is 0 Å². The molecule has 0 spiro atoms. The normalized spacial score (nSPS) is 13.7. The lowest BCUT2D eigenvalue weighted by atomic mass is 9.98. The molecule has 0 bridgehead atoms. The van der Waals surface area contributed by atoms with Crippen LogP contribution in [0.15, 0.2) is 12.3 Å². The molecule has 0 radical (unpaired) electrons. The fourth-order valence-corrected chi connectivity index (χ4v) is 2.65. The molecule has 5 heteroatoms. The summed E-state index contributed by atoms with van der Waals surface area (Å²) in [4.78, 5) is 0. The summed E-state index contributed by atoms with van der Waals surface area (Å²) in [6.07, 6.45) is 12.0. The molecule has 0 fully saturated rings. The average molecular weight is 335 g/mol. The lowest BCUT2D eigenvalue weighted by Gasteiger charge is -2.36. The van der Waals surface area contributed by atoms with Crippen molar-refractivity contribution in [3.05, 3.63) is 12.3 Å². The molecule has 1 unspecified atom stereocenters. The third kappa shape index (κ3) is 8.42. The van der Waals surface area contributed by atoms with E-state index in [2.05, 4.69) is 19.6 Å². The number of hydrogen-bond donors (Lipinski definition) is 1. The maximum atomic E-state index is 5.57.